The van der Waals surface area contributed by atoms with Crippen LogP contribution >= 0.6 is 11.3 Å². The molecule has 58 heavy (non-hydrogen) atoms. The Labute approximate surface area is 360 Å². The molecular weight excluding hydrogens is 923 g/mol. The molecule has 5 aromatic heterocycles. The summed E-state index contributed by atoms with van der Waals surface area (Å²) < 4.78 is 3.51. The van der Waals surface area contributed by atoms with E-state index in [4.69, 9.17) is 9.97 Å². The zero-order valence-corrected chi connectivity index (χ0v) is 38.5. The van der Waals surface area contributed by atoms with E-state index >= 15 is 0 Å². The minimum Gasteiger partial charge on any atom is -0.331 e. The van der Waals surface area contributed by atoms with Crippen LogP contribution < -0.4 is 5.19 Å². The quantitative estimate of drug-likeness (QED) is 0.118. The molecule has 0 aliphatic rings. The molecule has 0 saturated carbocycles. The number of rotatable bonds is 7. The Morgan fingerprint density at radius 1 is 0.707 bits per heavy atom. The van der Waals surface area contributed by atoms with Crippen LogP contribution in [0.3, 0.4) is 0 Å². The van der Waals surface area contributed by atoms with E-state index in [1.165, 1.54) is 48.6 Å². The van der Waals surface area contributed by atoms with Gasteiger partial charge in [0.05, 0.1) is 31.1 Å². The zero-order chi connectivity index (χ0) is 39.8. The van der Waals surface area contributed by atoms with E-state index < -0.39 is 8.07 Å². The average molecular weight is 970 g/mol. The van der Waals surface area contributed by atoms with Crippen LogP contribution in [0.4, 0.5) is 0 Å². The van der Waals surface area contributed by atoms with E-state index in [2.05, 4.69) is 153 Å². The molecule has 0 amide bonds. The summed E-state index contributed by atoms with van der Waals surface area (Å²) in [7, 11) is -1.23. The standard InChI is InChI=1S/C36H31N4S.C14H16NSi.Ir/c1-21(2)28-18-26(24-9-7-6-8-10-24)19-29(22(3)4)34(28)40-32-20-37-16-15-31(32)39-35(40)25-12-14-33-30(17-25)27-13-11-23(5)38-36(27)41-33;1-16(2,3)13-9-10-14(15-11-13)12-7-5-4-6-8-12;/h6-11,13-22H,1-5H3;4-7,9-11H,1-3H3;/q2*-1;. The van der Waals surface area contributed by atoms with Crippen LogP contribution in [0, 0.1) is 19.1 Å². The average Bonchev–Trinajstić information content (AvgIpc) is 3.78. The topological polar surface area (TPSA) is 56.5 Å². The van der Waals surface area contributed by atoms with Gasteiger partial charge in [0, 0.05) is 43.9 Å². The van der Waals surface area contributed by atoms with Gasteiger partial charge in [-0.2, -0.15) is 11.3 Å². The van der Waals surface area contributed by atoms with Crippen molar-refractivity contribution in [2.75, 3.05) is 0 Å². The third-order valence-electron chi connectivity index (χ3n) is 10.5. The molecule has 0 bridgehead atoms. The van der Waals surface area contributed by atoms with Gasteiger partial charge in [-0.15, -0.1) is 59.7 Å². The fourth-order valence-corrected chi connectivity index (χ4v) is 9.44. The molecule has 0 aliphatic carbocycles. The number of imidazole rings is 1. The number of aryl methyl sites for hydroxylation is 1. The molecule has 8 heteroatoms. The van der Waals surface area contributed by atoms with Crippen molar-refractivity contribution < 1.29 is 20.1 Å². The van der Waals surface area contributed by atoms with Crippen LogP contribution in [0.25, 0.3) is 70.8 Å². The Balaban J connectivity index is 0.000000254. The van der Waals surface area contributed by atoms with Crippen molar-refractivity contribution in [2.24, 2.45) is 0 Å². The Kier molecular flexibility index (Phi) is 12.0. The molecule has 4 aromatic carbocycles. The van der Waals surface area contributed by atoms with Crippen LogP contribution in [0.2, 0.25) is 19.6 Å². The molecule has 293 valence electrons. The number of hydrogen-bond donors (Lipinski definition) is 0. The number of thiophene rings is 1. The van der Waals surface area contributed by atoms with Crippen molar-refractivity contribution in [3.05, 3.63) is 157 Å². The Morgan fingerprint density at radius 3 is 2.10 bits per heavy atom. The molecule has 0 atom stereocenters. The monoisotopic (exact) mass is 970 g/mol. The normalized spacial score (nSPS) is 11.6. The molecule has 0 unspecified atom stereocenters. The molecule has 0 saturated heterocycles. The van der Waals surface area contributed by atoms with Gasteiger partial charge in [0.15, 0.2) is 0 Å². The number of fused-ring (bicyclic) bond motifs is 4. The second-order valence-corrected chi connectivity index (χ2v) is 22.4. The summed E-state index contributed by atoms with van der Waals surface area (Å²) in [4.78, 5) is 20.1. The summed E-state index contributed by atoms with van der Waals surface area (Å²) in [6, 6.07) is 45.0. The maximum Gasteiger partial charge on any atom is 0.114 e. The molecule has 0 spiro atoms. The van der Waals surface area contributed by atoms with Gasteiger partial charge >= 0.3 is 0 Å². The summed E-state index contributed by atoms with van der Waals surface area (Å²) in [6.07, 6.45) is 5.78. The Bertz CT molecular complexity index is 2810. The number of hydrogen-bond acceptors (Lipinski definition) is 5. The van der Waals surface area contributed by atoms with Crippen molar-refractivity contribution in [1.82, 2.24) is 24.5 Å². The van der Waals surface area contributed by atoms with Gasteiger partial charge in [-0.05, 0) is 86.2 Å². The van der Waals surface area contributed by atoms with Crippen LogP contribution in [-0.2, 0) is 20.1 Å². The van der Waals surface area contributed by atoms with Gasteiger partial charge in [0.25, 0.3) is 0 Å². The fraction of sp³-hybridized carbons (Fsp3) is 0.200. The first-order valence-electron chi connectivity index (χ1n) is 19.7. The molecule has 0 aliphatic heterocycles. The molecule has 5 heterocycles. The second kappa shape index (κ2) is 17.0. The Hall–Kier alpha value is -5.11. The SMILES string of the molecule is C[Si](C)(C)c1ccc(-c2[c-]cccc2)nc1.Cc1ccc2c(n1)sc1c[c-]c(-c3nc4ccncc4n3-c3c(C(C)C)cc(-c4ccccc4)cc3C(C)C)cc12.[Ir]. The van der Waals surface area contributed by atoms with E-state index in [-0.39, 0.29) is 20.1 Å². The second-order valence-electron chi connectivity index (χ2n) is 16.3. The number of nitrogens with zero attached hydrogens (tertiary/aromatic N) is 5. The molecule has 9 aromatic rings. The number of pyridine rings is 3. The van der Waals surface area contributed by atoms with E-state index in [9.17, 15) is 0 Å². The number of benzene rings is 4. The predicted molar refractivity (Wildman–Crippen MR) is 244 cm³/mol. The molecule has 9 rings (SSSR count). The first-order chi connectivity index (χ1) is 27.5. The smallest absolute Gasteiger partial charge is 0.114 e. The van der Waals surface area contributed by atoms with E-state index in [1.54, 1.807) is 11.3 Å². The van der Waals surface area contributed by atoms with Gasteiger partial charge in [-0.1, -0.05) is 101 Å². The molecule has 1 radical (unpaired) electrons. The Morgan fingerprint density at radius 2 is 1.45 bits per heavy atom. The van der Waals surface area contributed by atoms with Gasteiger partial charge in [-0.3, -0.25) is 9.97 Å². The van der Waals surface area contributed by atoms with Crippen LogP contribution in [0.5, 0.6) is 0 Å². The molecule has 5 nitrogen and oxygen atoms in total. The van der Waals surface area contributed by atoms with Crippen molar-refractivity contribution in [2.45, 2.75) is 66.1 Å². The van der Waals surface area contributed by atoms with Crippen LogP contribution in [0.15, 0.2) is 128 Å². The first kappa shape index (κ1) is 41.1. The summed E-state index contributed by atoms with van der Waals surface area (Å²) in [5.41, 5.74) is 12.2. The van der Waals surface area contributed by atoms with Crippen molar-refractivity contribution >= 4 is 55.9 Å². The molecule has 0 N–H and O–H groups in total. The van der Waals surface area contributed by atoms with Crippen molar-refractivity contribution in [1.29, 1.82) is 0 Å². The minimum absolute atomic E-state index is 0. The van der Waals surface area contributed by atoms with E-state index in [1.807, 2.05) is 55.8 Å². The van der Waals surface area contributed by atoms with Crippen molar-refractivity contribution in [3.63, 3.8) is 0 Å². The maximum atomic E-state index is 5.21. The third kappa shape index (κ3) is 8.25. The predicted octanol–water partition coefficient (Wildman–Crippen LogP) is 13.0. The fourth-order valence-electron chi connectivity index (χ4n) is 7.32. The van der Waals surface area contributed by atoms with Gasteiger partial charge in [-0.25, -0.2) is 4.98 Å². The molecular formula is C50H47IrN5SSi-2. The summed E-state index contributed by atoms with van der Waals surface area (Å²) in [5.74, 6) is 1.48. The van der Waals surface area contributed by atoms with Crippen LogP contribution in [0.1, 0.15) is 56.4 Å². The largest absolute Gasteiger partial charge is 0.331 e. The van der Waals surface area contributed by atoms with Crippen LogP contribution in [-0.4, -0.2) is 32.6 Å². The zero-order valence-electron chi connectivity index (χ0n) is 34.3. The van der Waals surface area contributed by atoms with Gasteiger partial charge < -0.3 is 9.55 Å². The maximum absolute atomic E-state index is 5.21. The number of aromatic nitrogens is 5. The molecule has 0 fully saturated rings. The summed E-state index contributed by atoms with van der Waals surface area (Å²) in [5, 5.41) is 3.76. The summed E-state index contributed by atoms with van der Waals surface area (Å²) in [6.45, 7) is 18.1. The van der Waals surface area contributed by atoms with E-state index in [0.29, 0.717) is 11.8 Å². The van der Waals surface area contributed by atoms with Gasteiger partial charge in [0.1, 0.15) is 4.83 Å². The minimum atomic E-state index is -1.23. The first-order valence-corrected chi connectivity index (χ1v) is 24.0. The summed E-state index contributed by atoms with van der Waals surface area (Å²) >= 11 is 1.72. The third-order valence-corrected chi connectivity index (χ3v) is 13.6. The van der Waals surface area contributed by atoms with Crippen molar-refractivity contribution in [3.8, 4) is 39.5 Å². The van der Waals surface area contributed by atoms with Gasteiger partial charge in [0.2, 0.25) is 0 Å². The van der Waals surface area contributed by atoms with E-state index in [0.717, 1.165) is 44.2 Å².